The van der Waals surface area contributed by atoms with Crippen molar-refractivity contribution in [3.05, 3.63) is 35.9 Å². The van der Waals surface area contributed by atoms with Crippen molar-refractivity contribution in [3.63, 3.8) is 0 Å². The normalized spacial score (nSPS) is 14.3. The van der Waals surface area contributed by atoms with Crippen LogP contribution in [0.3, 0.4) is 0 Å². The Bertz CT molecular complexity index is 590. The summed E-state index contributed by atoms with van der Waals surface area (Å²) in [6.45, 7) is 4.83. The molecule has 0 unspecified atom stereocenters. The number of nitrogens with two attached hydrogens (primary N) is 1. The molecule has 0 aromatic heterocycles. The maximum absolute atomic E-state index is 11.8. The molecule has 1 aromatic carbocycles. The number of benzene rings is 1. The van der Waals surface area contributed by atoms with Gasteiger partial charge in [0.05, 0.1) is 0 Å². The SMILES string of the molecule is CC(C)[C@H](N)C(=O)O[C@H](C)[C@H](NC(=O)OCc1ccccc1)C(=O)O. The van der Waals surface area contributed by atoms with E-state index < -0.39 is 36.2 Å². The van der Waals surface area contributed by atoms with Gasteiger partial charge in [-0.15, -0.1) is 0 Å². The monoisotopic (exact) mass is 352 g/mol. The smallest absolute Gasteiger partial charge is 0.408 e. The molecule has 1 rings (SSSR count). The van der Waals surface area contributed by atoms with Crippen LogP contribution in [-0.2, 0) is 25.7 Å². The Morgan fingerprint density at radius 3 is 2.28 bits per heavy atom. The molecule has 25 heavy (non-hydrogen) atoms. The molecule has 0 saturated carbocycles. The van der Waals surface area contributed by atoms with Crippen molar-refractivity contribution < 1.29 is 29.0 Å². The van der Waals surface area contributed by atoms with E-state index in [-0.39, 0.29) is 12.5 Å². The number of hydrogen-bond acceptors (Lipinski definition) is 6. The average molecular weight is 352 g/mol. The Labute approximate surface area is 146 Å². The van der Waals surface area contributed by atoms with Gasteiger partial charge in [-0.05, 0) is 18.4 Å². The first-order valence-corrected chi connectivity index (χ1v) is 7.88. The van der Waals surface area contributed by atoms with Crippen LogP contribution in [0.5, 0.6) is 0 Å². The van der Waals surface area contributed by atoms with E-state index in [1.807, 2.05) is 6.07 Å². The van der Waals surface area contributed by atoms with Crippen LogP contribution in [-0.4, -0.2) is 41.3 Å². The first-order valence-electron chi connectivity index (χ1n) is 7.88. The first-order chi connectivity index (χ1) is 11.7. The molecule has 0 aliphatic heterocycles. The molecule has 4 N–H and O–H groups in total. The van der Waals surface area contributed by atoms with E-state index in [2.05, 4.69) is 5.32 Å². The Kier molecular flexibility index (Phi) is 7.87. The number of rotatable bonds is 8. The van der Waals surface area contributed by atoms with Gasteiger partial charge in [0.1, 0.15) is 18.8 Å². The van der Waals surface area contributed by atoms with Crippen molar-refractivity contribution in [2.45, 2.75) is 45.6 Å². The third-order valence-electron chi connectivity index (χ3n) is 3.51. The van der Waals surface area contributed by atoms with Crippen molar-refractivity contribution in [1.29, 1.82) is 0 Å². The van der Waals surface area contributed by atoms with Crippen LogP contribution in [0.1, 0.15) is 26.3 Å². The number of esters is 1. The zero-order valence-electron chi connectivity index (χ0n) is 14.5. The number of carbonyl (C=O) groups excluding carboxylic acids is 2. The third kappa shape index (κ3) is 6.80. The van der Waals surface area contributed by atoms with Crippen LogP contribution >= 0.6 is 0 Å². The molecule has 8 heteroatoms. The summed E-state index contributed by atoms with van der Waals surface area (Å²) in [5.41, 5.74) is 6.42. The molecular weight excluding hydrogens is 328 g/mol. The molecule has 138 valence electrons. The van der Waals surface area contributed by atoms with Crippen LogP contribution < -0.4 is 11.1 Å². The largest absolute Gasteiger partial charge is 0.480 e. The molecule has 0 spiro atoms. The molecule has 0 aliphatic carbocycles. The van der Waals surface area contributed by atoms with E-state index in [1.54, 1.807) is 38.1 Å². The molecule has 0 aliphatic rings. The summed E-state index contributed by atoms with van der Waals surface area (Å²) in [5, 5.41) is 11.4. The number of amides is 1. The summed E-state index contributed by atoms with van der Waals surface area (Å²) < 4.78 is 10.0. The number of carboxylic acid groups (broad SMARTS) is 1. The second-order valence-electron chi connectivity index (χ2n) is 5.93. The van der Waals surface area contributed by atoms with Gasteiger partial charge in [0.2, 0.25) is 0 Å². The Morgan fingerprint density at radius 1 is 1.16 bits per heavy atom. The minimum absolute atomic E-state index is 0.00853. The standard InChI is InChI=1S/C17H24N2O6/c1-10(2)13(18)16(22)25-11(3)14(15(20)21)19-17(23)24-9-12-7-5-4-6-8-12/h4-8,10-11,13-14H,9,18H2,1-3H3,(H,19,23)(H,20,21)/t11-,13+,14+/m1/s1. The fourth-order valence-corrected chi connectivity index (χ4v) is 1.87. The summed E-state index contributed by atoms with van der Waals surface area (Å²) >= 11 is 0. The van der Waals surface area contributed by atoms with Crippen molar-refractivity contribution in [3.8, 4) is 0 Å². The fourth-order valence-electron chi connectivity index (χ4n) is 1.87. The first kappa shape index (κ1) is 20.4. The molecule has 8 nitrogen and oxygen atoms in total. The highest BCUT2D eigenvalue weighted by atomic mass is 16.6. The lowest BCUT2D eigenvalue weighted by Gasteiger charge is -2.23. The van der Waals surface area contributed by atoms with Crippen LogP contribution in [0, 0.1) is 5.92 Å². The van der Waals surface area contributed by atoms with Gasteiger partial charge < -0.3 is 25.6 Å². The van der Waals surface area contributed by atoms with Crippen molar-refractivity contribution in [2.75, 3.05) is 0 Å². The predicted molar refractivity (Wildman–Crippen MR) is 89.6 cm³/mol. The van der Waals surface area contributed by atoms with Gasteiger partial charge in [0.25, 0.3) is 0 Å². The van der Waals surface area contributed by atoms with Gasteiger partial charge in [0.15, 0.2) is 6.04 Å². The molecular formula is C17H24N2O6. The predicted octanol–water partition coefficient (Wildman–Crippen LogP) is 1.28. The quantitative estimate of drug-likeness (QED) is 0.601. The molecule has 1 amide bonds. The second-order valence-corrected chi connectivity index (χ2v) is 5.93. The van der Waals surface area contributed by atoms with E-state index in [9.17, 15) is 19.5 Å². The Morgan fingerprint density at radius 2 is 1.76 bits per heavy atom. The highest BCUT2D eigenvalue weighted by Gasteiger charge is 2.31. The van der Waals surface area contributed by atoms with Gasteiger partial charge in [0, 0.05) is 0 Å². The zero-order chi connectivity index (χ0) is 19.0. The Balaban J connectivity index is 2.59. The van der Waals surface area contributed by atoms with Gasteiger partial charge in [-0.25, -0.2) is 9.59 Å². The summed E-state index contributed by atoms with van der Waals surface area (Å²) in [7, 11) is 0. The highest BCUT2D eigenvalue weighted by Crippen LogP contribution is 2.07. The number of hydrogen-bond donors (Lipinski definition) is 3. The van der Waals surface area contributed by atoms with Crippen LogP contribution in [0.2, 0.25) is 0 Å². The lowest BCUT2D eigenvalue weighted by Crippen LogP contribution is -2.51. The summed E-state index contributed by atoms with van der Waals surface area (Å²) in [6, 6.07) is 6.60. The summed E-state index contributed by atoms with van der Waals surface area (Å²) in [6.07, 6.45) is -2.04. The molecule has 1 aromatic rings. The molecule has 0 bridgehead atoms. The second kappa shape index (κ2) is 9.63. The van der Waals surface area contributed by atoms with Gasteiger partial charge in [-0.2, -0.15) is 0 Å². The molecule has 0 saturated heterocycles. The number of carboxylic acids is 1. The minimum Gasteiger partial charge on any atom is -0.480 e. The van der Waals surface area contributed by atoms with Crippen molar-refractivity contribution >= 4 is 18.0 Å². The van der Waals surface area contributed by atoms with Crippen molar-refractivity contribution in [1.82, 2.24) is 5.32 Å². The lowest BCUT2D eigenvalue weighted by molar-refractivity contribution is -0.156. The number of aliphatic carboxylic acids is 1. The van der Waals surface area contributed by atoms with Crippen LogP contribution in [0.25, 0.3) is 0 Å². The summed E-state index contributed by atoms with van der Waals surface area (Å²) in [5.74, 6) is -2.24. The van der Waals surface area contributed by atoms with E-state index >= 15 is 0 Å². The van der Waals surface area contributed by atoms with E-state index in [4.69, 9.17) is 15.2 Å². The van der Waals surface area contributed by atoms with E-state index in [1.165, 1.54) is 6.92 Å². The van der Waals surface area contributed by atoms with Gasteiger partial charge >= 0.3 is 18.0 Å². The molecule has 0 heterocycles. The summed E-state index contributed by atoms with van der Waals surface area (Å²) in [4.78, 5) is 35.0. The Hall–Kier alpha value is -2.61. The van der Waals surface area contributed by atoms with Gasteiger partial charge in [-0.1, -0.05) is 44.2 Å². The molecule has 0 fully saturated rings. The molecule has 0 radical (unpaired) electrons. The van der Waals surface area contributed by atoms with E-state index in [0.29, 0.717) is 0 Å². The fraction of sp³-hybridized carbons (Fsp3) is 0.471. The highest BCUT2D eigenvalue weighted by molar-refractivity contribution is 5.81. The number of carbonyl (C=O) groups is 3. The molecule has 3 atom stereocenters. The number of ether oxygens (including phenoxy) is 2. The topological polar surface area (TPSA) is 128 Å². The van der Waals surface area contributed by atoms with Gasteiger partial charge in [-0.3, -0.25) is 4.79 Å². The number of alkyl carbamates (subject to hydrolysis) is 1. The average Bonchev–Trinajstić information content (AvgIpc) is 2.57. The maximum atomic E-state index is 11.8. The maximum Gasteiger partial charge on any atom is 0.408 e. The lowest BCUT2D eigenvalue weighted by atomic mass is 10.1. The zero-order valence-corrected chi connectivity index (χ0v) is 14.5. The van der Waals surface area contributed by atoms with Crippen LogP contribution in [0.15, 0.2) is 30.3 Å². The number of nitrogens with one attached hydrogen (secondary N) is 1. The van der Waals surface area contributed by atoms with E-state index in [0.717, 1.165) is 5.56 Å². The third-order valence-corrected chi connectivity index (χ3v) is 3.51. The van der Waals surface area contributed by atoms with Crippen LogP contribution in [0.4, 0.5) is 4.79 Å². The minimum atomic E-state index is -1.45. The van der Waals surface area contributed by atoms with Crippen molar-refractivity contribution in [2.24, 2.45) is 11.7 Å².